The quantitative estimate of drug-likeness (QED) is 0.410. The summed E-state index contributed by atoms with van der Waals surface area (Å²) in [6.45, 7) is 1.99. The highest BCUT2D eigenvalue weighted by molar-refractivity contribution is 5.97. The lowest BCUT2D eigenvalue weighted by Gasteiger charge is -2.29. The number of pyridine rings is 1. The highest BCUT2D eigenvalue weighted by atomic mass is 19.4. The van der Waals surface area contributed by atoms with Crippen LogP contribution in [0.2, 0.25) is 0 Å². The molecule has 3 rings (SSSR count). The van der Waals surface area contributed by atoms with Crippen LogP contribution in [0.5, 0.6) is 0 Å². The molecule has 1 saturated carbocycles. The molecule has 1 amide bonds. The molecule has 1 heterocycles. The van der Waals surface area contributed by atoms with Gasteiger partial charge in [-0.25, -0.2) is 9.59 Å². The van der Waals surface area contributed by atoms with Crippen LogP contribution in [0.25, 0.3) is 11.1 Å². The van der Waals surface area contributed by atoms with Gasteiger partial charge in [0.1, 0.15) is 0 Å². The van der Waals surface area contributed by atoms with E-state index in [9.17, 15) is 31.1 Å². The highest BCUT2D eigenvalue weighted by Gasteiger charge is 2.38. The number of carboxylic acid groups (broad SMARTS) is 2. The Morgan fingerprint density at radius 3 is 1.68 bits per heavy atom. The Bertz CT molecular complexity index is 1050. The normalized spacial score (nSPS) is 17.2. The van der Waals surface area contributed by atoms with Gasteiger partial charge in [-0.15, -0.1) is 0 Å². The van der Waals surface area contributed by atoms with Crippen molar-refractivity contribution in [3.63, 3.8) is 0 Å². The Kier molecular flexibility index (Phi) is 12.2. The third-order valence-corrected chi connectivity index (χ3v) is 5.45. The van der Waals surface area contributed by atoms with Gasteiger partial charge in [-0.2, -0.15) is 26.3 Å². The predicted octanol–water partition coefficient (Wildman–Crippen LogP) is 4.58. The van der Waals surface area contributed by atoms with Crippen LogP contribution in [0.3, 0.4) is 0 Å². The monoisotopic (exact) mass is 551 g/mol. The summed E-state index contributed by atoms with van der Waals surface area (Å²) < 4.78 is 63.5. The molecule has 8 nitrogen and oxygen atoms in total. The molecule has 0 atom stereocenters. The maximum Gasteiger partial charge on any atom is 0.490 e. The Morgan fingerprint density at radius 2 is 1.26 bits per heavy atom. The molecule has 1 aliphatic carbocycles. The van der Waals surface area contributed by atoms with E-state index in [0.29, 0.717) is 6.04 Å². The number of hydrogen-bond donors (Lipinski definition) is 4. The van der Waals surface area contributed by atoms with Crippen LogP contribution in [0, 0.1) is 6.92 Å². The van der Waals surface area contributed by atoms with Crippen molar-refractivity contribution in [2.24, 2.45) is 0 Å². The van der Waals surface area contributed by atoms with Gasteiger partial charge in [0.25, 0.3) is 5.91 Å². The standard InChI is InChI=1S/C20H25N3O.2C2HF3O2/c1-14-3-4-16(15-9-11-22-12-10-15)13-19(14)20(24)23-18-7-5-17(21-2)6-8-18;2*3-2(4,5)1(6)7/h3-4,9-13,17-18,21H,5-8H2,1-2H3,(H,23,24);2*(H,6,7). The number of alkyl halides is 6. The number of aliphatic carboxylic acids is 2. The topological polar surface area (TPSA) is 129 Å². The van der Waals surface area contributed by atoms with E-state index < -0.39 is 24.3 Å². The summed E-state index contributed by atoms with van der Waals surface area (Å²) in [5.74, 6) is -5.48. The number of carbonyl (C=O) groups excluding carboxylic acids is 1. The second kappa shape index (κ2) is 14.3. The first kappa shape index (κ1) is 32.3. The van der Waals surface area contributed by atoms with Gasteiger partial charge in [-0.05, 0) is 74.5 Å². The van der Waals surface area contributed by atoms with Crippen LogP contribution < -0.4 is 10.6 Å². The second-order valence-electron chi connectivity index (χ2n) is 8.18. The van der Waals surface area contributed by atoms with Crippen molar-refractivity contribution in [1.82, 2.24) is 15.6 Å². The van der Waals surface area contributed by atoms with E-state index in [4.69, 9.17) is 19.8 Å². The Morgan fingerprint density at radius 1 is 0.816 bits per heavy atom. The van der Waals surface area contributed by atoms with Crippen LogP contribution in [0.1, 0.15) is 41.6 Å². The summed E-state index contributed by atoms with van der Waals surface area (Å²) in [4.78, 5) is 34.6. The van der Waals surface area contributed by atoms with Gasteiger partial charge in [0, 0.05) is 30.0 Å². The molecular weight excluding hydrogens is 524 g/mol. The lowest BCUT2D eigenvalue weighted by molar-refractivity contribution is -0.193. The average molecular weight is 551 g/mol. The summed E-state index contributed by atoms with van der Waals surface area (Å²) in [6.07, 6.45) is -2.29. The number of aryl methyl sites for hydroxylation is 1. The van der Waals surface area contributed by atoms with Crippen molar-refractivity contribution in [3.8, 4) is 11.1 Å². The molecule has 0 radical (unpaired) electrons. The Labute approximate surface area is 214 Å². The first-order chi connectivity index (χ1) is 17.6. The lowest BCUT2D eigenvalue weighted by Crippen LogP contribution is -2.41. The largest absolute Gasteiger partial charge is 0.490 e. The van der Waals surface area contributed by atoms with Gasteiger partial charge in [0.15, 0.2) is 0 Å². The molecule has 1 aromatic heterocycles. The number of carboxylic acids is 2. The van der Waals surface area contributed by atoms with E-state index in [0.717, 1.165) is 47.9 Å². The van der Waals surface area contributed by atoms with Crippen molar-refractivity contribution in [2.75, 3.05) is 7.05 Å². The number of amides is 1. The Balaban J connectivity index is 0.000000426. The maximum absolute atomic E-state index is 12.7. The van der Waals surface area contributed by atoms with Crippen LogP contribution in [-0.4, -0.2) is 64.5 Å². The minimum atomic E-state index is -5.08. The second-order valence-corrected chi connectivity index (χ2v) is 8.18. The molecule has 210 valence electrons. The number of rotatable bonds is 4. The van der Waals surface area contributed by atoms with Gasteiger partial charge in [0.05, 0.1) is 0 Å². The predicted molar refractivity (Wildman–Crippen MR) is 124 cm³/mol. The molecule has 1 aromatic carbocycles. The highest BCUT2D eigenvalue weighted by Crippen LogP contribution is 2.23. The fraction of sp³-hybridized carbons (Fsp3) is 0.417. The first-order valence-corrected chi connectivity index (χ1v) is 11.2. The minimum absolute atomic E-state index is 0.0383. The number of aromatic nitrogens is 1. The molecule has 0 spiro atoms. The van der Waals surface area contributed by atoms with Crippen LogP contribution in [-0.2, 0) is 9.59 Å². The SMILES string of the molecule is CNC1CCC(NC(=O)c2cc(-c3ccncc3)ccc2C)CC1.O=C(O)C(F)(F)F.O=C(O)C(F)(F)F. The van der Waals surface area contributed by atoms with Crippen molar-refractivity contribution < 1.29 is 50.9 Å². The number of benzene rings is 1. The van der Waals surface area contributed by atoms with E-state index in [1.165, 1.54) is 0 Å². The van der Waals surface area contributed by atoms with E-state index in [1.807, 2.05) is 38.2 Å². The number of nitrogens with one attached hydrogen (secondary N) is 2. The third-order valence-electron chi connectivity index (χ3n) is 5.45. The van der Waals surface area contributed by atoms with Crippen LogP contribution >= 0.6 is 0 Å². The van der Waals surface area contributed by atoms with Crippen molar-refractivity contribution in [3.05, 3.63) is 53.9 Å². The van der Waals surface area contributed by atoms with Crippen LogP contribution in [0.15, 0.2) is 42.7 Å². The van der Waals surface area contributed by atoms with E-state index in [2.05, 4.69) is 21.7 Å². The summed E-state index contributed by atoms with van der Waals surface area (Å²) in [5.41, 5.74) is 3.90. The molecule has 2 aromatic rings. The van der Waals surface area contributed by atoms with Gasteiger partial charge in [0.2, 0.25) is 0 Å². The third kappa shape index (κ3) is 11.2. The molecule has 0 saturated heterocycles. The minimum Gasteiger partial charge on any atom is -0.475 e. The zero-order valence-electron chi connectivity index (χ0n) is 20.4. The summed E-state index contributed by atoms with van der Waals surface area (Å²) in [7, 11) is 2.01. The lowest BCUT2D eigenvalue weighted by atomic mass is 9.91. The molecule has 0 unspecified atom stereocenters. The Hall–Kier alpha value is -3.68. The van der Waals surface area contributed by atoms with Crippen molar-refractivity contribution in [2.45, 2.75) is 57.0 Å². The molecule has 14 heteroatoms. The summed E-state index contributed by atoms with van der Waals surface area (Å²) >= 11 is 0. The molecule has 0 bridgehead atoms. The molecule has 0 aliphatic heterocycles. The van der Waals surface area contributed by atoms with Gasteiger partial charge < -0.3 is 20.8 Å². The number of hydrogen-bond acceptors (Lipinski definition) is 5. The zero-order valence-corrected chi connectivity index (χ0v) is 20.4. The fourth-order valence-corrected chi connectivity index (χ4v) is 3.38. The number of nitrogens with zero attached hydrogens (tertiary/aromatic N) is 1. The van der Waals surface area contributed by atoms with E-state index in [-0.39, 0.29) is 11.9 Å². The summed E-state index contributed by atoms with van der Waals surface area (Å²) in [5, 5.41) is 20.8. The molecule has 4 N–H and O–H groups in total. The molecule has 1 aliphatic rings. The zero-order chi connectivity index (χ0) is 29.1. The van der Waals surface area contributed by atoms with E-state index in [1.54, 1.807) is 12.4 Å². The summed E-state index contributed by atoms with van der Waals surface area (Å²) in [6, 6.07) is 10.9. The number of carbonyl (C=O) groups is 3. The van der Waals surface area contributed by atoms with E-state index >= 15 is 0 Å². The van der Waals surface area contributed by atoms with Crippen molar-refractivity contribution in [1.29, 1.82) is 0 Å². The van der Waals surface area contributed by atoms with Gasteiger partial charge in [-0.1, -0.05) is 12.1 Å². The van der Waals surface area contributed by atoms with Gasteiger partial charge >= 0.3 is 24.3 Å². The molecule has 1 fully saturated rings. The van der Waals surface area contributed by atoms with Crippen LogP contribution in [0.4, 0.5) is 26.3 Å². The smallest absolute Gasteiger partial charge is 0.475 e. The fourth-order valence-electron chi connectivity index (χ4n) is 3.38. The molecule has 38 heavy (non-hydrogen) atoms. The number of halogens is 6. The van der Waals surface area contributed by atoms with Crippen molar-refractivity contribution >= 4 is 17.8 Å². The maximum atomic E-state index is 12.7. The average Bonchev–Trinajstić information content (AvgIpc) is 2.85. The first-order valence-electron chi connectivity index (χ1n) is 11.2. The van der Waals surface area contributed by atoms with Gasteiger partial charge in [-0.3, -0.25) is 9.78 Å². The molecular formula is C24H27F6N3O5.